The highest BCUT2D eigenvalue weighted by Crippen LogP contribution is 2.36. The second kappa shape index (κ2) is 23.8. The number of carbonyl (C=O) groups is 3. The summed E-state index contributed by atoms with van der Waals surface area (Å²) < 4.78 is 75.4. The summed E-state index contributed by atoms with van der Waals surface area (Å²) in [5, 5.41) is 19.2. The summed E-state index contributed by atoms with van der Waals surface area (Å²) in [5.41, 5.74) is 6.74. The van der Waals surface area contributed by atoms with Crippen LogP contribution in [0.1, 0.15) is 91.3 Å². The smallest absolute Gasteiger partial charge is 0.301 e. The van der Waals surface area contributed by atoms with E-state index < -0.39 is 69.7 Å². The maximum atomic E-state index is 15.9. The minimum atomic E-state index is -4.37. The predicted molar refractivity (Wildman–Crippen MR) is 314 cm³/mol. The van der Waals surface area contributed by atoms with Crippen molar-refractivity contribution in [2.24, 2.45) is 18.9 Å². The van der Waals surface area contributed by atoms with E-state index in [9.17, 15) is 32.3 Å². The standard InChI is InChI=1S/C60H69F3N12O6S2/c1-35(2)53(60(79)75-33-45(76)27-51(75)59(78)67-36(3)39-6-8-41(9-7-39)57-37(4)66-34-82-57)50-28-52(70(5)68-50)73-24-22-71(23-25-73)31-38-16-19-72(20-17-38)44-12-10-40(11-13-44)42-26-46-47(30-65-58(46)64-29-42)56(77)54-48(62)14-15-49(55(54)63)69-83(80,81)74-21-18-43(61)32-74/h6-15,26,28-30,34-36,38,43,45,51,53,69,76H,16-25,27,31-33H2,1-5H3,(H,64,65)(H,67,78)/t36-,43+,45+,51-,53-/m0/s1. The number of aromatic amines is 1. The Morgan fingerprint density at radius 3 is 2.25 bits per heavy atom. The number of aliphatic hydroxyl groups is 1. The number of nitrogens with zero attached hydrogens (tertiary/aromatic N) is 9. The zero-order valence-electron chi connectivity index (χ0n) is 47.1. The number of piperazine rings is 1. The van der Waals surface area contributed by atoms with E-state index in [1.165, 1.54) is 6.20 Å². The number of aryl methyl sites for hydroxylation is 2. The number of nitrogens with one attached hydrogen (secondary N) is 3. The van der Waals surface area contributed by atoms with Crippen molar-refractivity contribution in [3.8, 4) is 21.6 Å². The molecule has 23 heteroatoms. The topological polar surface area (TPSA) is 205 Å². The molecule has 0 saturated carbocycles. The number of aliphatic hydroxyl groups excluding tert-OH is 1. The van der Waals surface area contributed by atoms with Gasteiger partial charge in [0.15, 0.2) is 5.82 Å². The lowest BCUT2D eigenvalue weighted by molar-refractivity contribution is -0.140. The molecule has 4 aliphatic rings. The number of rotatable bonds is 17. The SMILES string of the molecule is Cc1ncsc1-c1ccc([C@H](C)NC(=O)[C@@H]2C[C@@H](O)CN2C(=O)[C@H](c2cc(N3CCN(CC4CCN(c5ccc(-c6cnc7[nH]cc(C(=O)c8c(F)ccc(NS(=O)(=O)N9CC[C@@H](F)C9)c8F)c7c6)cc5)CC4)CC3)n(C)n2)C(C)C)cc1. The second-order valence-electron chi connectivity index (χ2n) is 22.8. The number of β-amino-alcohol motifs (C(OH)–C–C–N with tert-alkyl or cyclic N) is 1. The van der Waals surface area contributed by atoms with Crippen molar-refractivity contribution in [1.29, 1.82) is 0 Å². The van der Waals surface area contributed by atoms with E-state index in [-0.39, 0.29) is 55.3 Å². The highest BCUT2D eigenvalue weighted by Gasteiger charge is 2.44. The normalized spacial score (nSPS) is 20.2. The lowest BCUT2D eigenvalue weighted by Gasteiger charge is -2.40. The molecule has 83 heavy (non-hydrogen) atoms. The van der Waals surface area contributed by atoms with Gasteiger partial charge in [-0.2, -0.15) is 17.8 Å². The number of fused-ring (bicyclic) bond motifs is 1. The number of hydrogen-bond acceptors (Lipinski definition) is 13. The van der Waals surface area contributed by atoms with Crippen LogP contribution in [0.4, 0.5) is 30.4 Å². The van der Waals surface area contributed by atoms with Crippen molar-refractivity contribution in [3.63, 3.8) is 0 Å². The number of pyridine rings is 1. The Balaban J connectivity index is 0.666. The first-order valence-electron chi connectivity index (χ1n) is 28.4. The van der Waals surface area contributed by atoms with E-state index >= 15 is 8.78 Å². The molecular formula is C60H69F3N12O6S2. The molecule has 7 aromatic rings. The first-order valence-corrected chi connectivity index (χ1v) is 30.7. The maximum Gasteiger partial charge on any atom is 0.301 e. The maximum absolute atomic E-state index is 15.9. The molecular weight excluding hydrogens is 1110 g/mol. The molecule has 0 aliphatic carbocycles. The quantitative estimate of drug-likeness (QED) is 0.0637. The van der Waals surface area contributed by atoms with Crippen LogP contribution in [0.3, 0.4) is 0 Å². The van der Waals surface area contributed by atoms with Gasteiger partial charge in [0.1, 0.15) is 29.5 Å². The van der Waals surface area contributed by atoms with Crippen molar-refractivity contribution in [2.75, 3.05) is 80.0 Å². The van der Waals surface area contributed by atoms with Gasteiger partial charge in [0, 0.05) is 120 Å². The van der Waals surface area contributed by atoms with Gasteiger partial charge in [-0.25, -0.2) is 23.1 Å². The number of likely N-dealkylation sites (tertiary alicyclic amines) is 1. The third-order valence-electron chi connectivity index (χ3n) is 16.9. The molecule has 0 unspecified atom stereocenters. The van der Waals surface area contributed by atoms with Gasteiger partial charge in [-0.3, -0.25) is 28.7 Å². The molecule has 5 atom stereocenters. The van der Waals surface area contributed by atoms with Gasteiger partial charge in [-0.15, -0.1) is 11.3 Å². The van der Waals surface area contributed by atoms with E-state index in [0.717, 1.165) is 114 Å². The zero-order valence-corrected chi connectivity index (χ0v) is 48.7. The molecule has 4 N–H and O–H groups in total. The first kappa shape index (κ1) is 57.6. The lowest BCUT2D eigenvalue weighted by atomic mass is 9.90. The fourth-order valence-corrected chi connectivity index (χ4v) is 14.3. The number of piperidine rings is 1. The summed E-state index contributed by atoms with van der Waals surface area (Å²) in [4.78, 5) is 64.0. The lowest BCUT2D eigenvalue weighted by Crippen LogP contribution is -2.49. The van der Waals surface area contributed by atoms with Gasteiger partial charge >= 0.3 is 10.2 Å². The van der Waals surface area contributed by atoms with Crippen molar-refractivity contribution in [1.82, 2.24) is 44.2 Å². The Bertz CT molecular complexity index is 3630. The van der Waals surface area contributed by atoms with E-state index in [4.69, 9.17) is 5.10 Å². The number of H-pyrrole nitrogens is 1. The van der Waals surface area contributed by atoms with Gasteiger partial charge in [0.2, 0.25) is 17.6 Å². The summed E-state index contributed by atoms with van der Waals surface area (Å²) in [6.07, 6.45) is 3.03. The molecule has 11 rings (SSSR count). The number of halogens is 3. The number of ketones is 1. The second-order valence-corrected chi connectivity index (χ2v) is 25.4. The van der Waals surface area contributed by atoms with Crippen molar-refractivity contribution >= 4 is 67.4 Å². The average molecular weight is 1180 g/mol. The number of aromatic nitrogens is 5. The number of amides is 2. The minimum Gasteiger partial charge on any atom is -0.391 e. The van der Waals surface area contributed by atoms with Crippen molar-refractivity contribution in [2.45, 2.75) is 83.7 Å². The molecule has 18 nitrogen and oxygen atoms in total. The minimum absolute atomic E-state index is 0.000878. The van der Waals surface area contributed by atoms with Crippen LogP contribution >= 0.6 is 11.3 Å². The molecule has 4 aromatic heterocycles. The summed E-state index contributed by atoms with van der Waals surface area (Å²) >= 11 is 1.59. The highest BCUT2D eigenvalue weighted by molar-refractivity contribution is 7.90. The molecule has 4 aliphatic heterocycles. The molecule has 8 heterocycles. The third-order valence-corrected chi connectivity index (χ3v) is 19.4. The van der Waals surface area contributed by atoms with E-state index in [2.05, 4.69) is 51.8 Å². The molecule has 3 aromatic carbocycles. The van der Waals surface area contributed by atoms with E-state index in [1.807, 2.05) is 87.4 Å². The Kier molecular flexibility index (Phi) is 16.5. The van der Waals surface area contributed by atoms with Crippen LogP contribution < -0.4 is 19.8 Å². The number of anilines is 3. The van der Waals surface area contributed by atoms with Crippen LogP contribution in [0.25, 0.3) is 32.6 Å². The van der Waals surface area contributed by atoms with Gasteiger partial charge in [-0.1, -0.05) is 50.2 Å². The van der Waals surface area contributed by atoms with Crippen LogP contribution in [0.5, 0.6) is 0 Å². The number of thiazole rings is 1. The Morgan fingerprint density at radius 2 is 1.58 bits per heavy atom. The predicted octanol–water partition coefficient (Wildman–Crippen LogP) is 8.22. The first-order chi connectivity index (χ1) is 39.8. The number of benzene rings is 3. The molecule has 0 radical (unpaired) electrons. The van der Waals surface area contributed by atoms with Gasteiger partial charge in [0.25, 0.3) is 0 Å². The molecule has 438 valence electrons. The zero-order chi connectivity index (χ0) is 58.4. The van der Waals surface area contributed by atoms with Crippen molar-refractivity contribution < 1.29 is 41.1 Å². The van der Waals surface area contributed by atoms with Crippen LogP contribution in [0.15, 0.2) is 90.7 Å². The molecule has 2 amide bonds. The molecule has 4 fully saturated rings. The molecule has 4 saturated heterocycles. The van der Waals surface area contributed by atoms with Crippen LogP contribution in [-0.4, -0.2) is 154 Å². The number of alkyl halides is 1. The van der Waals surface area contributed by atoms with Crippen LogP contribution in [0.2, 0.25) is 0 Å². The summed E-state index contributed by atoms with van der Waals surface area (Å²) in [7, 11) is -2.46. The van der Waals surface area contributed by atoms with Crippen molar-refractivity contribution in [3.05, 3.63) is 130 Å². The number of carbonyl (C=O) groups excluding carboxylic acids is 3. The fraction of sp³-hybridized carbons (Fsp3) is 0.433. The highest BCUT2D eigenvalue weighted by atomic mass is 32.2. The van der Waals surface area contributed by atoms with E-state index in [1.54, 1.807) is 28.5 Å². The summed E-state index contributed by atoms with van der Waals surface area (Å²) in [6.45, 7) is 13.7. The third kappa shape index (κ3) is 12.0. The number of hydrogen-bond donors (Lipinski definition) is 4. The van der Waals surface area contributed by atoms with Gasteiger partial charge in [-0.05, 0) is 92.0 Å². The summed E-state index contributed by atoms with van der Waals surface area (Å²) in [5.74, 6) is -3.32. The fourth-order valence-electron chi connectivity index (χ4n) is 12.3. The average Bonchev–Trinajstić information content (AvgIpc) is 4.38. The Morgan fingerprint density at radius 1 is 0.855 bits per heavy atom. The molecule has 0 bridgehead atoms. The Labute approximate surface area is 484 Å². The summed E-state index contributed by atoms with van der Waals surface area (Å²) in [6, 6.07) is 20.5. The largest absolute Gasteiger partial charge is 0.391 e. The van der Waals surface area contributed by atoms with Gasteiger partial charge in [0.05, 0.1) is 51.1 Å². The monoisotopic (exact) mass is 1170 g/mol. The molecule has 0 spiro atoms. The van der Waals surface area contributed by atoms with Gasteiger partial charge < -0.3 is 30.1 Å². The van der Waals surface area contributed by atoms with Crippen LogP contribution in [-0.2, 0) is 26.8 Å². The van der Waals surface area contributed by atoms with E-state index in [0.29, 0.717) is 28.2 Å². The van der Waals surface area contributed by atoms with Crippen LogP contribution in [0, 0.1) is 30.4 Å². The Hall–Kier alpha value is -7.18.